The van der Waals surface area contributed by atoms with Crippen LogP contribution in [-0.4, -0.2) is 57.8 Å². The summed E-state index contributed by atoms with van der Waals surface area (Å²) in [6.07, 6.45) is 2.52. The summed E-state index contributed by atoms with van der Waals surface area (Å²) in [6, 6.07) is 13.3. The number of nitrogens with two attached hydrogens (primary N) is 1. The Morgan fingerprint density at radius 3 is 2.50 bits per heavy atom. The summed E-state index contributed by atoms with van der Waals surface area (Å²) in [6.45, 7) is 3.79. The maximum absolute atomic E-state index is 15.1. The van der Waals surface area contributed by atoms with Crippen molar-refractivity contribution in [3.8, 4) is 17.1 Å². The van der Waals surface area contributed by atoms with E-state index in [-0.39, 0.29) is 36.1 Å². The SMILES string of the molecule is COCCOc1nc(N)c2[nH]c(=O)n(Cc3ccc(-c4ccc(CN5CCCC5)cc4)cc3F)c2n1. The Morgan fingerprint density at radius 1 is 1.03 bits per heavy atom. The van der Waals surface area contributed by atoms with Crippen LogP contribution < -0.4 is 16.2 Å². The second kappa shape index (κ2) is 10.5. The Kier molecular flexibility index (Phi) is 6.97. The van der Waals surface area contributed by atoms with Gasteiger partial charge in [-0.05, 0) is 48.7 Å². The highest BCUT2D eigenvalue weighted by Gasteiger charge is 2.17. The van der Waals surface area contributed by atoms with E-state index < -0.39 is 11.5 Å². The van der Waals surface area contributed by atoms with Gasteiger partial charge in [-0.3, -0.25) is 9.47 Å². The maximum Gasteiger partial charge on any atom is 0.328 e. The van der Waals surface area contributed by atoms with Crippen molar-refractivity contribution in [2.45, 2.75) is 25.9 Å². The van der Waals surface area contributed by atoms with Crippen molar-refractivity contribution in [3.05, 3.63) is 69.9 Å². The number of rotatable bonds is 9. The number of H-pyrrole nitrogens is 1. The van der Waals surface area contributed by atoms with E-state index in [4.69, 9.17) is 15.2 Å². The molecule has 0 amide bonds. The predicted octanol–water partition coefficient (Wildman–Crippen LogP) is 3.18. The lowest BCUT2D eigenvalue weighted by Crippen LogP contribution is -2.18. The largest absolute Gasteiger partial charge is 0.461 e. The highest BCUT2D eigenvalue weighted by atomic mass is 19.1. The zero-order valence-corrected chi connectivity index (χ0v) is 20.2. The van der Waals surface area contributed by atoms with E-state index in [1.54, 1.807) is 13.2 Å². The molecule has 0 unspecified atom stereocenters. The van der Waals surface area contributed by atoms with Crippen molar-refractivity contribution < 1.29 is 13.9 Å². The van der Waals surface area contributed by atoms with E-state index in [1.165, 1.54) is 29.0 Å². The van der Waals surface area contributed by atoms with Gasteiger partial charge in [-0.2, -0.15) is 9.97 Å². The Balaban J connectivity index is 1.36. The Bertz CT molecular complexity index is 1410. The number of methoxy groups -OCH3 is 1. The van der Waals surface area contributed by atoms with Gasteiger partial charge >= 0.3 is 11.7 Å². The van der Waals surface area contributed by atoms with Crippen LogP contribution in [0.2, 0.25) is 0 Å². The first-order chi connectivity index (χ1) is 17.5. The van der Waals surface area contributed by atoms with Crippen LogP contribution in [0.3, 0.4) is 0 Å². The number of nitrogen functional groups attached to an aromatic ring is 1. The molecule has 0 atom stereocenters. The normalized spacial score (nSPS) is 14.1. The average Bonchev–Trinajstić information content (AvgIpc) is 3.49. The summed E-state index contributed by atoms with van der Waals surface area (Å²) in [5.41, 5.74) is 9.37. The van der Waals surface area contributed by atoms with E-state index in [2.05, 4.69) is 32.0 Å². The van der Waals surface area contributed by atoms with Crippen LogP contribution in [0.4, 0.5) is 10.2 Å². The molecule has 9 nitrogen and oxygen atoms in total. The minimum Gasteiger partial charge on any atom is -0.461 e. The number of hydrogen-bond donors (Lipinski definition) is 2. The molecule has 1 fully saturated rings. The highest BCUT2D eigenvalue weighted by Crippen LogP contribution is 2.25. The number of fused-ring (bicyclic) bond motifs is 1. The number of ether oxygens (including phenoxy) is 2. The molecule has 0 bridgehead atoms. The molecule has 1 saturated heterocycles. The predicted molar refractivity (Wildman–Crippen MR) is 135 cm³/mol. The standard InChI is InChI=1S/C26H29FN6O3/c1-35-12-13-36-25-30-23(28)22-24(31-25)33(26(34)29-22)16-20-9-8-19(14-21(20)27)18-6-4-17(5-7-18)15-32-10-2-3-11-32/h4-9,14H,2-3,10-13,15-16H2,1H3,(H,29,34)(H2,28,30,31). The zero-order chi connectivity index (χ0) is 25.1. The molecule has 0 spiro atoms. The summed E-state index contributed by atoms with van der Waals surface area (Å²) in [5.74, 6) is -0.333. The molecule has 3 heterocycles. The molecule has 0 saturated carbocycles. The first-order valence-corrected chi connectivity index (χ1v) is 12.0. The van der Waals surface area contributed by atoms with Gasteiger partial charge in [-0.15, -0.1) is 0 Å². The lowest BCUT2D eigenvalue weighted by atomic mass is 10.0. The van der Waals surface area contributed by atoms with Crippen LogP contribution >= 0.6 is 0 Å². The summed E-state index contributed by atoms with van der Waals surface area (Å²) in [4.78, 5) is 26.1. The van der Waals surface area contributed by atoms with Gasteiger partial charge in [0.25, 0.3) is 0 Å². The number of aromatic nitrogens is 4. The van der Waals surface area contributed by atoms with Crippen molar-refractivity contribution in [3.63, 3.8) is 0 Å². The van der Waals surface area contributed by atoms with Crippen LogP contribution in [0.25, 0.3) is 22.3 Å². The van der Waals surface area contributed by atoms with Gasteiger partial charge in [0.15, 0.2) is 11.5 Å². The van der Waals surface area contributed by atoms with Crippen LogP contribution in [0, 0.1) is 5.82 Å². The Hall–Kier alpha value is -3.76. The first-order valence-electron chi connectivity index (χ1n) is 12.0. The Labute approximate surface area is 207 Å². The molecule has 10 heteroatoms. The fraction of sp³-hybridized carbons (Fsp3) is 0.346. The fourth-order valence-electron chi connectivity index (χ4n) is 4.49. The smallest absolute Gasteiger partial charge is 0.328 e. The monoisotopic (exact) mass is 492 g/mol. The summed E-state index contributed by atoms with van der Waals surface area (Å²) >= 11 is 0. The van der Waals surface area contributed by atoms with Gasteiger partial charge in [0, 0.05) is 19.2 Å². The molecule has 1 aliphatic rings. The third-order valence-corrected chi connectivity index (χ3v) is 6.42. The van der Waals surface area contributed by atoms with E-state index in [0.717, 1.165) is 30.8 Å². The topological polar surface area (TPSA) is 111 Å². The van der Waals surface area contributed by atoms with E-state index in [9.17, 15) is 4.79 Å². The second-order valence-electron chi connectivity index (χ2n) is 8.93. The number of nitrogens with one attached hydrogen (secondary N) is 1. The number of aromatic amines is 1. The fourth-order valence-corrected chi connectivity index (χ4v) is 4.49. The number of anilines is 1. The second-order valence-corrected chi connectivity index (χ2v) is 8.93. The number of nitrogens with zero attached hydrogens (tertiary/aromatic N) is 4. The van der Waals surface area contributed by atoms with Crippen molar-refractivity contribution in [1.29, 1.82) is 0 Å². The molecule has 188 valence electrons. The number of halogens is 1. The number of imidazole rings is 1. The molecular weight excluding hydrogens is 463 g/mol. The number of benzene rings is 2. The molecule has 36 heavy (non-hydrogen) atoms. The highest BCUT2D eigenvalue weighted by molar-refractivity contribution is 5.82. The minimum atomic E-state index is -0.461. The number of hydrogen-bond acceptors (Lipinski definition) is 7. The van der Waals surface area contributed by atoms with E-state index in [0.29, 0.717) is 12.2 Å². The summed E-state index contributed by atoms with van der Waals surface area (Å²) < 4.78 is 26.9. The van der Waals surface area contributed by atoms with Crippen molar-refractivity contribution in [2.75, 3.05) is 39.1 Å². The molecule has 2 aromatic heterocycles. The zero-order valence-electron chi connectivity index (χ0n) is 20.2. The van der Waals surface area contributed by atoms with Gasteiger partial charge in [0.1, 0.15) is 17.9 Å². The first kappa shape index (κ1) is 24.0. The lowest BCUT2D eigenvalue weighted by molar-refractivity contribution is 0.141. The lowest BCUT2D eigenvalue weighted by Gasteiger charge is -2.15. The average molecular weight is 493 g/mol. The molecule has 3 N–H and O–H groups in total. The third-order valence-electron chi connectivity index (χ3n) is 6.42. The minimum absolute atomic E-state index is 0.0202. The van der Waals surface area contributed by atoms with Gasteiger partial charge < -0.3 is 20.2 Å². The van der Waals surface area contributed by atoms with Gasteiger partial charge in [-0.25, -0.2) is 9.18 Å². The van der Waals surface area contributed by atoms with Gasteiger partial charge in [0.2, 0.25) is 0 Å². The van der Waals surface area contributed by atoms with Crippen LogP contribution in [0.1, 0.15) is 24.0 Å². The molecular formula is C26H29FN6O3. The third kappa shape index (κ3) is 5.09. The van der Waals surface area contributed by atoms with Gasteiger partial charge in [0.05, 0.1) is 13.2 Å². The molecule has 0 aliphatic carbocycles. The molecule has 5 rings (SSSR count). The van der Waals surface area contributed by atoms with Crippen LogP contribution in [0.15, 0.2) is 47.3 Å². The van der Waals surface area contributed by atoms with Crippen LogP contribution in [0.5, 0.6) is 6.01 Å². The van der Waals surface area contributed by atoms with Crippen molar-refractivity contribution in [1.82, 2.24) is 24.4 Å². The quantitative estimate of drug-likeness (QED) is 0.345. The Morgan fingerprint density at radius 2 is 1.78 bits per heavy atom. The van der Waals surface area contributed by atoms with Crippen molar-refractivity contribution >= 4 is 17.0 Å². The molecule has 1 aliphatic heterocycles. The number of likely N-dealkylation sites (tertiary alicyclic amines) is 1. The molecule has 2 aromatic carbocycles. The van der Waals surface area contributed by atoms with Crippen molar-refractivity contribution in [2.24, 2.45) is 0 Å². The van der Waals surface area contributed by atoms with Crippen LogP contribution in [-0.2, 0) is 17.8 Å². The molecule has 0 radical (unpaired) electrons. The van der Waals surface area contributed by atoms with Gasteiger partial charge in [-0.1, -0.05) is 36.4 Å². The van der Waals surface area contributed by atoms with E-state index in [1.807, 2.05) is 18.2 Å². The molecule has 4 aromatic rings. The maximum atomic E-state index is 15.1. The summed E-state index contributed by atoms with van der Waals surface area (Å²) in [7, 11) is 1.55. The summed E-state index contributed by atoms with van der Waals surface area (Å²) in [5, 5.41) is 0. The van der Waals surface area contributed by atoms with E-state index >= 15 is 4.39 Å².